The van der Waals surface area contributed by atoms with Crippen molar-refractivity contribution in [2.75, 3.05) is 6.54 Å². The molecule has 0 saturated carbocycles. The van der Waals surface area contributed by atoms with E-state index in [9.17, 15) is 9.90 Å². The molecule has 0 radical (unpaired) electrons. The van der Waals surface area contributed by atoms with Crippen molar-refractivity contribution in [2.24, 2.45) is 0 Å². The molecule has 1 fully saturated rings. The lowest BCUT2D eigenvalue weighted by Crippen LogP contribution is -2.68. The van der Waals surface area contributed by atoms with Gasteiger partial charge >= 0.3 is 6.09 Å². The lowest BCUT2D eigenvalue weighted by Gasteiger charge is -2.49. The van der Waals surface area contributed by atoms with Crippen LogP contribution < -0.4 is 0 Å². The van der Waals surface area contributed by atoms with Gasteiger partial charge < -0.3 is 10.2 Å². The topological polar surface area (TPSA) is 60.8 Å². The largest absolute Gasteiger partial charge is 0.465 e. The first-order valence-corrected chi connectivity index (χ1v) is 3.17. The number of hydrogen-bond donors (Lipinski definition) is 2. The summed E-state index contributed by atoms with van der Waals surface area (Å²) in [6, 6.07) is -0.273. The first-order valence-electron chi connectivity index (χ1n) is 3.17. The highest BCUT2D eigenvalue weighted by atomic mass is 16.4. The molecule has 0 unspecified atom stereocenters. The van der Waals surface area contributed by atoms with Crippen molar-refractivity contribution in [3.8, 4) is 0 Å². The van der Waals surface area contributed by atoms with Crippen LogP contribution >= 0.6 is 0 Å². The van der Waals surface area contributed by atoms with Crippen LogP contribution in [0.25, 0.3) is 0 Å². The van der Waals surface area contributed by atoms with E-state index in [1.54, 1.807) is 13.8 Å². The molecule has 1 amide bonds. The molecule has 2 N–H and O–H groups in total. The second-order valence-electron chi connectivity index (χ2n) is 2.94. The highest BCUT2D eigenvalue weighted by Crippen LogP contribution is 2.27. The van der Waals surface area contributed by atoms with Gasteiger partial charge in [-0.05, 0) is 13.8 Å². The zero-order chi connectivity index (χ0) is 7.94. The maximum absolute atomic E-state index is 10.3. The van der Waals surface area contributed by atoms with Crippen molar-refractivity contribution in [1.82, 2.24) is 4.90 Å². The van der Waals surface area contributed by atoms with Crippen molar-refractivity contribution in [2.45, 2.75) is 25.5 Å². The van der Waals surface area contributed by atoms with Crippen molar-refractivity contribution < 1.29 is 15.0 Å². The Morgan fingerprint density at radius 3 is 2.40 bits per heavy atom. The third-order valence-electron chi connectivity index (χ3n) is 2.10. The number of carboxylic acid groups (broad SMARTS) is 1. The summed E-state index contributed by atoms with van der Waals surface area (Å²) in [5.41, 5.74) is -0.821. The fourth-order valence-corrected chi connectivity index (χ4v) is 1.07. The van der Waals surface area contributed by atoms with Crippen molar-refractivity contribution in [3.63, 3.8) is 0 Å². The van der Waals surface area contributed by atoms with E-state index >= 15 is 0 Å². The summed E-state index contributed by atoms with van der Waals surface area (Å²) in [6.45, 7) is 3.55. The highest BCUT2D eigenvalue weighted by molar-refractivity contribution is 5.67. The summed E-state index contributed by atoms with van der Waals surface area (Å²) in [5, 5.41) is 17.7. The van der Waals surface area contributed by atoms with Crippen LogP contribution in [-0.2, 0) is 0 Å². The predicted molar refractivity (Wildman–Crippen MR) is 34.8 cm³/mol. The molecule has 1 heterocycles. The van der Waals surface area contributed by atoms with Crippen LogP contribution in [0.2, 0.25) is 0 Å². The average Bonchev–Trinajstić information content (AvgIpc) is 1.82. The lowest BCUT2D eigenvalue weighted by molar-refractivity contribution is -0.116. The quantitative estimate of drug-likeness (QED) is 0.509. The third-order valence-corrected chi connectivity index (χ3v) is 2.10. The molecule has 0 aromatic rings. The molecule has 0 spiro atoms. The number of likely N-dealkylation sites (tertiary alicyclic amines) is 1. The molecule has 0 bridgehead atoms. The Morgan fingerprint density at radius 2 is 2.30 bits per heavy atom. The van der Waals surface area contributed by atoms with Gasteiger partial charge in [0.2, 0.25) is 0 Å². The van der Waals surface area contributed by atoms with Gasteiger partial charge in [0, 0.05) is 0 Å². The summed E-state index contributed by atoms with van der Waals surface area (Å²) >= 11 is 0. The Balaban J connectivity index is 2.55. The minimum Gasteiger partial charge on any atom is -0.465 e. The van der Waals surface area contributed by atoms with Gasteiger partial charge in [0.05, 0.1) is 18.2 Å². The van der Waals surface area contributed by atoms with E-state index in [1.165, 1.54) is 4.90 Å². The summed E-state index contributed by atoms with van der Waals surface area (Å²) in [5.74, 6) is 0. The van der Waals surface area contributed by atoms with E-state index in [-0.39, 0.29) is 12.6 Å². The first-order chi connectivity index (χ1) is 4.45. The minimum atomic E-state index is -0.959. The summed E-state index contributed by atoms with van der Waals surface area (Å²) < 4.78 is 0. The fraction of sp³-hybridized carbons (Fsp3) is 0.833. The standard InChI is InChI=1S/C6H11NO3/c1-4-6(2,10)3-7(4)5(8)9/h4,10H,3H2,1-2H3,(H,8,9)/t4-,6+/m0/s1. The normalized spacial score (nSPS) is 39.1. The maximum Gasteiger partial charge on any atom is 0.407 e. The zero-order valence-electron chi connectivity index (χ0n) is 6.03. The third kappa shape index (κ3) is 0.844. The lowest BCUT2D eigenvalue weighted by atomic mass is 9.87. The van der Waals surface area contributed by atoms with Gasteiger partial charge in [0.1, 0.15) is 0 Å². The molecule has 58 valence electrons. The molecule has 1 aliphatic rings. The van der Waals surface area contributed by atoms with Gasteiger partial charge in [-0.1, -0.05) is 0 Å². The molecule has 10 heavy (non-hydrogen) atoms. The van der Waals surface area contributed by atoms with Gasteiger partial charge in [-0.2, -0.15) is 0 Å². The fourth-order valence-electron chi connectivity index (χ4n) is 1.07. The van der Waals surface area contributed by atoms with Crippen LogP contribution in [-0.4, -0.2) is 39.4 Å². The molecule has 0 aromatic heterocycles. The SMILES string of the molecule is C[C@@H]1N(C(=O)O)C[C@@]1(C)O. The molecule has 4 heteroatoms. The van der Waals surface area contributed by atoms with Crippen LogP contribution in [0, 0.1) is 0 Å². The Kier molecular flexibility index (Phi) is 1.36. The summed E-state index contributed by atoms with van der Waals surface area (Å²) in [7, 11) is 0. The molecule has 1 rings (SSSR count). The van der Waals surface area contributed by atoms with Crippen molar-refractivity contribution in [1.29, 1.82) is 0 Å². The number of nitrogens with zero attached hydrogens (tertiary/aromatic N) is 1. The molecule has 2 atom stereocenters. The van der Waals surface area contributed by atoms with E-state index in [0.717, 1.165) is 0 Å². The zero-order valence-corrected chi connectivity index (χ0v) is 6.03. The van der Waals surface area contributed by atoms with E-state index in [0.29, 0.717) is 0 Å². The highest BCUT2D eigenvalue weighted by Gasteiger charge is 2.47. The van der Waals surface area contributed by atoms with E-state index in [1.807, 2.05) is 0 Å². The van der Waals surface area contributed by atoms with Crippen LogP contribution in [0.15, 0.2) is 0 Å². The number of rotatable bonds is 0. The smallest absolute Gasteiger partial charge is 0.407 e. The van der Waals surface area contributed by atoms with E-state index in [2.05, 4.69) is 0 Å². The Hall–Kier alpha value is -0.770. The maximum atomic E-state index is 10.3. The van der Waals surface area contributed by atoms with Crippen LogP contribution in [0.1, 0.15) is 13.8 Å². The predicted octanol–water partition coefficient (Wildman–Crippen LogP) is 0.120. The number of β-amino-alcohol motifs (C(OH)–C–C–N with tert-alkyl or cyclic N) is 1. The molecule has 1 saturated heterocycles. The second kappa shape index (κ2) is 1.85. The van der Waals surface area contributed by atoms with Gasteiger partial charge in [0.25, 0.3) is 0 Å². The molecular formula is C6H11NO3. The Labute approximate surface area is 59.1 Å². The first kappa shape index (κ1) is 7.34. The van der Waals surface area contributed by atoms with Crippen molar-refractivity contribution >= 4 is 6.09 Å². The van der Waals surface area contributed by atoms with Gasteiger partial charge in [0.15, 0.2) is 0 Å². The van der Waals surface area contributed by atoms with Gasteiger partial charge in [-0.15, -0.1) is 0 Å². The average molecular weight is 145 g/mol. The number of aliphatic hydroxyl groups is 1. The minimum absolute atomic E-state index is 0.226. The molecule has 4 nitrogen and oxygen atoms in total. The molecule has 1 aliphatic heterocycles. The monoisotopic (exact) mass is 145 g/mol. The van der Waals surface area contributed by atoms with Gasteiger partial charge in [-0.25, -0.2) is 4.79 Å². The Bertz CT molecular complexity index is 166. The molecular weight excluding hydrogens is 134 g/mol. The second-order valence-corrected chi connectivity index (χ2v) is 2.94. The molecule has 0 aromatic carbocycles. The number of carbonyl (C=O) groups is 1. The van der Waals surface area contributed by atoms with E-state index < -0.39 is 11.7 Å². The van der Waals surface area contributed by atoms with Crippen LogP contribution in [0.3, 0.4) is 0 Å². The van der Waals surface area contributed by atoms with Crippen LogP contribution in [0.4, 0.5) is 4.79 Å². The van der Waals surface area contributed by atoms with E-state index in [4.69, 9.17) is 5.11 Å². The van der Waals surface area contributed by atoms with Crippen molar-refractivity contribution in [3.05, 3.63) is 0 Å². The molecule has 0 aliphatic carbocycles. The summed E-state index contributed by atoms with van der Waals surface area (Å²) in [6.07, 6.45) is -0.959. The Morgan fingerprint density at radius 1 is 1.80 bits per heavy atom. The van der Waals surface area contributed by atoms with Gasteiger partial charge in [-0.3, -0.25) is 4.90 Å². The summed E-state index contributed by atoms with van der Waals surface area (Å²) in [4.78, 5) is 11.5. The number of amides is 1. The number of hydrogen-bond acceptors (Lipinski definition) is 2. The van der Waals surface area contributed by atoms with Crippen LogP contribution in [0.5, 0.6) is 0 Å².